The second-order valence-electron chi connectivity index (χ2n) is 5.46. The minimum absolute atomic E-state index is 0.214. The fourth-order valence-corrected chi connectivity index (χ4v) is 2.90. The zero-order valence-corrected chi connectivity index (χ0v) is 12.3. The minimum atomic E-state index is -0.214. The lowest BCUT2D eigenvalue weighted by molar-refractivity contribution is 0.0650. The standard InChI is InChI=1S/C17H14N4O2/c22-16-12-6-1-2-7-13(12)17(23)20(16)10-5-11-21-15-9-4-3-8-14(15)18-19-21/h1-4,6-9H,5,10-11H2. The number of benzene rings is 2. The van der Waals surface area contributed by atoms with E-state index in [-0.39, 0.29) is 11.8 Å². The van der Waals surface area contributed by atoms with Crippen molar-refractivity contribution in [2.45, 2.75) is 13.0 Å². The average molecular weight is 306 g/mol. The number of aromatic nitrogens is 3. The van der Waals surface area contributed by atoms with Gasteiger partial charge in [-0.1, -0.05) is 29.5 Å². The number of fused-ring (bicyclic) bond motifs is 2. The molecule has 1 aliphatic rings. The molecular formula is C17H14N4O2. The van der Waals surface area contributed by atoms with Crippen molar-refractivity contribution < 1.29 is 9.59 Å². The molecule has 0 aliphatic carbocycles. The number of nitrogens with zero attached hydrogens (tertiary/aromatic N) is 4. The normalized spacial score (nSPS) is 13.8. The van der Waals surface area contributed by atoms with Crippen molar-refractivity contribution in [1.82, 2.24) is 19.9 Å². The number of amides is 2. The molecule has 1 aliphatic heterocycles. The van der Waals surface area contributed by atoms with E-state index in [1.807, 2.05) is 24.3 Å². The summed E-state index contributed by atoms with van der Waals surface area (Å²) in [5.74, 6) is -0.428. The molecule has 0 unspecified atom stereocenters. The third-order valence-electron chi connectivity index (χ3n) is 4.05. The number of rotatable bonds is 4. The molecule has 3 aromatic rings. The largest absolute Gasteiger partial charge is 0.274 e. The lowest BCUT2D eigenvalue weighted by atomic mass is 10.1. The van der Waals surface area contributed by atoms with Crippen LogP contribution in [-0.2, 0) is 6.54 Å². The van der Waals surface area contributed by atoms with Crippen LogP contribution < -0.4 is 0 Å². The van der Waals surface area contributed by atoms with Crippen LogP contribution in [0.2, 0.25) is 0 Å². The predicted octanol–water partition coefficient (Wildman–Crippen LogP) is 2.12. The molecule has 2 aromatic carbocycles. The first kappa shape index (κ1) is 13.6. The van der Waals surface area contributed by atoms with Crippen molar-refractivity contribution in [2.24, 2.45) is 0 Å². The zero-order valence-electron chi connectivity index (χ0n) is 12.3. The maximum absolute atomic E-state index is 12.3. The Morgan fingerprint density at radius 2 is 1.48 bits per heavy atom. The third kappa shape index (κ3) is 2.19. The second-order valence-corrected chi connectivity index (χ2v) is 5.46. The highest BCUT2D eigenvalue weighted by atomic mass is 16.2. The highest BCUT2D eigenvalue weighted by molar-refractivity contribution is 6.21. The van der Waals surface area contributed by atoms with Gasteiger partial charge in [-0.2, -0.15) is 0 Å². The van der Waals surface area contributed by atoms with Crippen LogP contribution in [0.3, 0.4) is 0 Å². The number of imide groups is 1. The van der Waals surface area contributed by atoms with E-state index >= 15 is 0 Å². The molecule has 0 saturated heterocycles. The maximum atomic E-state index is 12.3. The fraction of sp³-hybridized carbons (Fsp3) is 0.176. The molecule has 1 aromatic heterocycles. The molecule has 0 fully saturated rings. The SMILES string of the molecule is O=C1c2ccccc2C(=O)N1CCCn1nnc2ccccc21. The number of hydrogen-bond acceptors (Lipinski definition) is 4. The number of carbonyl (C=O) groups excluding carboxylic acids is 2. The lowest BCUT2D eigenvalue weighted by Crippen LogP contribution is -2.31. The Morgan fingerprint density at radius 3 is 2.22 bits per heavy atom. The van der Waals surface area contributed by atoms with E-state index in [1.54, 1.807) is 28.9 Å². The summed E-state index contributed by atoms with van der Waals surface area (Å²) in [6.45, 7) is 0.981. The van der Waals surface area contributed by atoms with E-state index in [0.29, 0.717) is 30.6 Å². The molecule has 0 N–H and O–H groups in total. The van der Waals surface area contributed by atoms with Gasteiger partial charge in [0.25, 0.3) is 11.8 Å². The van der Waals surface area contributed by atoms with Crippen LogP contribution >= 0.6 is 0 Å². The van der Waals surface area contributed by atoms with E-state index < -0.39 is 0 Å². The Bertz CT molecular complexity index is 881. The van der Waals surface area contributed by atoms with E-state index in [1.165, 1.54) is 4.90 Å². The van der Waals surface area contributed by atoms with Crippen molar-refractivity contribution in [3.63, 3.8) is 0 Å². The minimum Gasteiger partial charge on any atom is -0.274 e. The average Bonchev–Trinajstić information content (AvgIpc) is 3.10. The first-order valence-corrected chi connectivity index (χ1v) is 7.49. The van der Waals surface area contributed by atoms with Crippen molar-refractivity contribution in [3.8, 4) is 0 Å². The van der Waals surface area contributed by atoms with Gasteiger partial charge in [-0.3, -0.25) is 14.5 Å². The first-order chi connectivity index (χ1) is 11.3. The highest BCUT2D eigenvalue weighted by Crippen LogP contribution is 2.22. The second kappa shape index (κ2) is 5.31. The van der Waals surface area contributed by atoms with Gasteiger partial charge < -0.3 is 0 Å². The van der Waals surface area contributed by atoms with Crippen molar-refractivity contribution in [1.29, 1.82) is 0 Å². The Kier molecular flexibility index (Phi) is 3.15. The topological polar surface area (TPSA) is 68.1 Å². The van der Waals surface area contributed by atoms with Gasteiger partial charge in [0.05, 0.1) is 16.6 Å². The van der Waals surface area contributed by atoms with Crippen LogP contribution in [-0.4, -0.2) is 38.3 Å². The van der Waals surface area contributed by atoms with Gasteiger partial charge in [0.2, 0.25) is 0 Å². The summed E-state index contributed by atoms with van der Waals surface area (Å²) in [5.41, 5.74) is 2.77. The highest BCUT2D eigenvalue weighted by Gasteiger charge is 2.34. The van der Waals surface area contributed by atoms with E-state index in [4.69, 9.17) is 0 Å². The Labute approximate surface area is 132 Å². The molecule has 0 radical (unpaired) electrons. The van der Waals surface area contributed by atoms with Crippen molar-refractivity contribution >= 4 is 22.8 Å². The summed E-state index contributed by atoms with van der Waals surface area (Å²) in [6, 6.07) is 14.7. The van der Waals surface area contributed by atoms with Gasteiger partial charge in [-0.05, 0) is 30.7 Å². The maximum Gasteiger partial charge on any atom is 0.261 e. The fourth-order valence-electron chi connectivity index (χ4n) is 2.90. The van der Waals surface area contributed by atoms with Gasteiger partial charge in [0, 0.05) is 13.1 Å². The van der Waals surface area contributed by atoms with Crippen LogP contribution in [0, 0.1) is 0 Å². The van der Waals surface area contributed by atoms with Gasteiger partial charge in [-0.15, -0.1) is 5.10 Å². The summed E-state index contributed by atoms with van der Waals surface area (Å²) in [4.78, 5) is 25.9. The van der Waals surface area contributed by atoms with Crippen LogP contribution in [0.4, 0.5) is 0 Å². The van der Waals surface area contributed by atoms with Crippen molar-refractivity contribution in [2.75, 3.05) is 6.54 Å². The Balaban J connectivity index is 1.46. The lowest BCUT2D eigenvalue weighted by Gasteiger charge is -2.13. The van der Waals surface area contributed by atoms with E-state index in [9.17, 15) is 9.59 Å². The molecule has 0 bridgehead atoms. The van der Waals surface area contributed by atoms with Gasteiger partial charge in [-0.25, -0.2) is 4.68 Å². The number of aryl methyl sites for hydroxylation is 1. The van der Waals surface area contributed by atoms with Crippen LogP contribution in [0.25, 0.3) is 11.0 Å². The monoisotopic (exact) mass is 306 g/mol. The third-order valence-corrected chi connectivity index (χ3v) is 4.05. The number of para-hydroxylation sites is 1. The molecule has 6 nitrogen and oxygen atoms in total. The van der Waals surface area contributed by atoms with Gasteiger partial charge in [0.15, 0.2) is 0 Å². The number of carbonyl (C=O) groups is 2. The first-order valence-electron chi connectivity index (χ1n) is 7.49. The van der Waals surface area contributed by atoms with Crippen molar-refractivity contribution in [3.05, 3.63) is 59.7 Å². The zero-order chi connectivity index (χ0) is 15.8. The molecule has 6 heteroatoms. The van der Waals surface area contributed by atoms with E-state index in [2.05, 4.69) is 10.3 Å². The van der Waals surface area contributed by atoms with Gasteiger partial charge in [0.1, 0.15) is 5.52 Å². The molecule has 0 spiro atoms. The molecule has 2 amide bonds. The summed E-state index contributed by atoms with van der Waals surface area (Å²) < 4.78 is 1.80. The summed E-state index contributed by atoms with van der Waals surface area (Å²) in [6.07, 6.45) is 0.638. The smallest absolute Gasteiger partial charge is 0.261 e. The Morgan fingerprint density at radius 1 is 0.826 bits per heavy atom. The van der Waals surface area contributed by atoms with Crippen LogP contribution in [0.1, 0.15) is 27.1 Å². The molecular weight excluding hydrogens is 292 g/mol. The van der Waals surface area contributed by atoms with Gasteiger partial charge >= 0.3 is 0 Å². The van der Waals surface area contributed by atoms with Crippen LogP contribution in [0.15, 0.2) is 48.5 Å². The molecule has 23 heavy (non-hydrogen) atoms. The molecule has 4 rings (SSSR count). The van der Waals surface area contributed by atoms with Crippen LogP contribution in [0.5, 0.6) is 0 Å². The molecule has 0 saturated carbocycles. The molecule has 2 heterocycles. The summed E-state index contributed by atoms with van der Waals surface area (Å²) in [5, 5.41) is 8.21. The Hall–Kier alpha value is -3.02. The molecule has 114 valence electrons. The quantitative estimate of drug-likeness (QED) is 0.692. The molecule has 0 atom stereocenters. The van der Waals surface area contributed by atoms with E-state index in [0.717, 1.165) is 11.0 Å². The summed E-state index contributed by atoms with van der Waals surface area (Å²) >= 11 is 0. The summed E-state index contributed by atoms with van der Waals surface area (Å²) in [7, 11) is 0. The predicted molar refractivity (Wildman–Crippen MR) is 84.0 cm³/mol. The number of hydrogen-bond donors (Lipinski definition) is 0.